The molecule has 0 radical (unpaired) electrons. The zero-order valence-corrected chi connectivity index (χ0v) is 14.7. The number of carbonyl (C=O) groups is 1. The number of benzene rings is 1. The van der Waals surface area contributed by atoms with Crippen LogP contribution in [0.4, 0.5) is 17.6 Å². The Hall–Kier alpha value is -1.11. The summed E-state index contributed by atoms with van der Waals surface area (Å²) in [6.07, 6.45) is -5.63. The fourth-order valence-electron chi connectivity index (χ4n) is 1.82. The van der Waals surface area contributed by atoms with Crippen LogP contribution in [0.25, 0.3) is 0 Å². The topological polar surface area (TPSA) is 26.3 Å². The highest BCUT2D eigenvalue weighted by molar-refractivity contribution is 9.10. The Kier molecular flexibility index (Phi) is 7.54. The van der Waals surface area contributed by atoms with Gasteiger partial charge in [0.1, 0.15) is 11.6 Å². The van der Waals surface area contributed by atoms with E-state index in [0.717, 1.165) is 6.07 Å². The van der Waals surface area contributed by atoms with E-state index >= 15 is 0 Å². The first-order chi connectivity index (χ1) is 9.99. The standard InChI is InChI=1S/C13H13BrF4O2.C2H6/c1-12(2,6-11(19)13(16,17)18)7-4-8(14)9(15)5-10(7)20-3;1-2/h4-5H,6H2,1-3H3;1-2H3. The van der Waals surface area contributed by atoms with E-state index in [1.165, 1.54) is 27.0 Å². The van der Waals surface area contributed by atoms with E-state index in [0.29, 0.717) is 5.56 Å². The van der Waals surface area contributed by atoms with Crippen molar-refractivity contribution in [2.75, 3.05) is 7.11 Å². The number of methoxy groups -OCH3 is 1. The van der Waals surface area contributed by atoms with Crippen LogP contribution in [-0.2, 0) is 10.2 Å². The van der Waals surface area contributed by atoms with Gasteiger partial charge in [-0.1, -0.05) is 27.7 Å². The molecular weight excluding hydrogens is 368 g/mol. The Morgan fingerprint density at radius 2 is 1.73 bits per heavy atom. The zero-order valence-electron chi connectivity index (χ0n) is 13.1. The predicted molar refractivity (Wildman–Crippen MR) is 80.7 cm³/mol. The van der Waals surface area contributed by atoms with Crippen molar-refractivity contribution < 1.29 is 27.1 Å². The van der Waals surface area contributed by atoms with Crippen LogP contribution in [0.5, 0.6) is 5.75 Å². The normalized spacial score (nSPS) is 11.5. The molecule has 0 N–H and O–H groups in total. The molecule has 126 valence electrons. The number of Topliss-reactive ketones (excluding diaryl/α,β-unsaturated/α-hetero) is 1. The van der Waals surface area contributed by atoms with Gasteiger partial charge in [0.25, 0.3) is 0 Å². The number of ketones is 1. The summed E-state index contributed by atoms with van der Waals surface area (Å²) in [4.78, 5) is 11.2. The second-order valence-corrected chi connectivity index (χ2v) is 5.80. The summed E-state index contributed by atoms with van der Waals surface area (Å²) in [5, 5.41) is 0. The number of carbonyl (C=O) groups excluding carboxylic acids is 1. The van der Waals surface area contributed by atoms with Crippen LogP contribution in [0.3, 0.4) is 0 Å². The van der Waals surface area contributed by atoms with Gasteiger partial charge >= 0.3 is 6.18 Å². The lowest BCUT2D eigenvalue weighted by molar-refractivity contribution is -0.172. The maximum absolute atomic E-state index is 13.4. The molecule has 22 heavy (non-hydrogen) atoms. The molecule has 0 amide bonds. The van der Waals surface area contributed by atoms with Gasteiger partial charge in [-0.3, -0.25) is 4.79 Å². The van der Waals surface area contributed by atoms with Gasteiger partial charge in [-0.25, -0.2) is 4.39 Å². The highest BCUT2D eigenvalue weighted by Gasteiger charge is 2.42. The molecule has 2 nitrogen and oxygen atoms in total. The molecule has 0 aliphatic heterocycles. The van der Waals surface area contributed by atoms with Gasteiger partial charge in [-0.15, -0.1) is 0 Å². The lowest BCUT2D eigenvalue weighted by Crippen LogP contribution is -2.31. The third kappa shape index (κ3) is 5.26. The van der Waals surface area contributed by atoms with Crippen LogP contribution in [0.15, 0.2) is 16.6 Å². The molecule has 0 saturated heterocycles. The molecule has 0 unspecified atom stereocenters. The Morgan fingerprint density at radius 1 is 1.23 bits per heavy atom. The summed E-state index contributed by atoms with van der Waals surface area (Å²) in [5.41, 5.74) is -0.820. The minimum Gasteiger partial charge on any atom is -0.496 e. The summed E-state index contributed by atoms with van der Waals surface area (Å²) in [6.45, 7) is 6.94. The van der Waals surface area contributed by atoms with Crippen LogP contribution >= 0.6 is 15.9 Å². The molecule has 1 aromatic rings. The maximum Gasteiger partial charge on any atom is 0.450 e. The smallest absolute Gasteiger partial charge is 0.450 e. The van der Waals surface area contributed by atoms with Crippen molar-refractivity contribution in [1.82, 2.24) is 0 Å². The van der Waals surface area contributed by atoms with Crippen molar-refractivity contribution in [1.29, 1.82) is 0 Å². The second kappa shape index (κ2) is 7.94. The molecule has 1 aromatic carbocycles. The van der Waals surface area contributed by atoms with Gasteiger partial charge in [0, 0.05) is 23.5 Å². The van der Waals surface area contributed by atoms with Crippen molar-refractivity contribution in [2.24, 2.45) is 0 Å². The van der Waals surface area contributed by atoms with Crippen molar-refractivity contribution in [3.8, 4) is 5.75 Å². The van der Waals surface area contributed by atoms with Crippen molar-refractivity contribution in [2.45, 2.75) is 45.7 Å². The molecule has 0 bridgehead atoms. The summed E-state index contributed by atoms with van der Waals surface area (Å²) in [6, 6.07) is 2.40. The van der Waals surface area contributed by atoms with Crippen molar-refractivity contribution in [3.63, 3.8) is 0 Å². The number of rotatable bonds is 4. The number of halogens is 5. The Morgan fingerprint density at radius 3 is 2.14 bits per heavy atom. The largest absolute Gasteiger partial charge is 0.496 e. The summed E-state index contributed by atoms with van der Waals surface area (Å²) >= 11 is 2.97. The van der Waals surface area contributed by atoms with Gasteiger partial charge < -0.3 is 4.74 Å². The van der Waals surface area contributed by atoms with E-state index < -0.39 is 29.6 Å². The van der Waals surface area contributed by atoms with Gasteiger partial charge in [0.2, 0.25) is 5.78 Å². The molecule has 0 fully saturated rings. The van der Waals surface area contributed by atoms with Gasteiger partial charge in [0.05, 0.1) is 11.6 Å². The van der Waals surface area contributed by atoms with Crippen LogP contribution in [0.2, 0.25) is 0 Å². The highest BCUT2D eigenvalue weighted by Crippen LogP contribution is 2.39. The molecule has 1 rings (SSSR count). The number of alkyl halides is 3. The lowest BCUT2D eigenvalue weighted by atomic mass is 9.79. The van der Waals surface area contributed by atoms with E-state index in [9.17, 15) is 22.4 Å². The van der Waals surface area contributed by atoms with E-state index in [1.807, 2.05) is 13.8 Å². The maximum atomic E-state index is 13.4. The molecule has 7 heteroatoms. The molecular formula is C15H19BrF4O2. The average molecular weight is 387 g/mol. The van der Waals surface area contributed by atoms with E-state index in [1.54, 1.807) is 0 Å². The Bertz CT molecular complexity index is 525. The van der Waals surface area contributed by atoms with Gasteiger partial charge in [0.15, 0.2) is 0 Å². The third-order valence-electron chi connectivity index (χ3n) is 2.89. The van der Waals surface area contributed by atoms with Crippen molar-refractivity contribution in [3.05, 3.63) is 28.0 Å². The number of hydrogen-bond acceptors (Lipinski definition) is 2. The molecule has 0 aromatic heterocycles. The average Bonchev–Trinajstić information content (AvgIpc) is 2.42. The van der Waals surface area contributed by atoms with E-state index in [-0.39, 0.29) is 10.2 Å². The fraction of sp³-hybridized carbons (Fsp3) is 0.533. The molecule has 0 saturated carbocycles. The number of hydrogen-bond donors (Lipinski definition) is 0. The van der Waals surface area contributed by atoms with Crippen LogP contribution in [0, 0.1) is 5.82 Å². The van der Waals surface area contributed by atoms with Crippen LogP contribution < -0.4 is 4.74 Å². The molecule has 0 atom stereocenters. The summed E-state index contributed by atoms with van der Waals surface area (Å²) < 4.78 is 55.6. The van der Waals surface area contributed by atoms with Crippen LogP contribution in [0.1, 0.15) is 39.7 Å². The third-order valence-corrected chi connectivity index (χ3v) is 3.50. The highest BCUT2D eigenvalue weighted by atomic mass is 79.9. The van der Waals surface area contributed by atoms with Gasteiger partial charge in [-0.2, -0.15) is 13.2 Å². The lowest BCUT2D eigenvalue weighted by Gasteiger charge is -2.27. The Labute approximate surface area is 136 Å². The zero-order chi connectivity index (χ0) is 17.7. The fourth-order valence-corrected chi connectivity index (χ4v) is 2.17. The van der Waals surface area contributed by atoms with E-state index in [4.69, 9.17) is 4.74 Å². The second-order valence-electron chi connectivity index (χ2n) is 4.95. The quantitative estimate of drug-likeness (QED) is 0.645. The monoisotopic (exact) mass is 386 g/mol. The first-order valence-electron chi connectivity index (χ1n) is 6.62. The minimum absolute atomic E-state index is 0.0980. The molecule has 0 spiro atoms. The summed E-state index contributed by atoms with van der Waals surface area (Å²) in [7, 11) is 1.29. The Balaban J connectivity index is 0.00000211. The predicted octanol–water partition coefficient (Wildman–Crippen LogP) is 5.42. The number of ether oxygens (including phenoxy) is 1. The first-order valence-corrected chi connectivity index (χ1v) is 7.42. The van der Waals surface area contributed by atoms with E-state index in [2.05, 4.69) is 15.9 Å². The summed E-state index contributed by atoms with van der Waals surface area (Å²) in [5.74, 6) is -2.32. The molecule has 0 aliphatic carbocycles. The molecule has 0 heterocycles. The van der Waals surface area contributed by atoms with Crippen LogP contribution in [-0.4, -0.2) is 19.1 Å². The van der Waals surface area contributed by atoms with Crippen molar-refractivity contribution >= 4 is 21.7 Å². The first kappa shape index (κ1) is 20.9. The SMILES string of the molecule is CC.COc1cc(F)c(Br)cc1C(C)(C)CC(=O)C(F)(F)F. The minimum atomic E-state index is -4.89. The van der Waals surface area contributed by atoms with Gasteiger partial charge in [-0.05, 0) is 22.0 Å². The molecule has 0 aliphatic rings.